The molecule has 2 rings (SSSR count). The molecule has 0 unspecified atom stereocenters. The highest BCUT2D eigenvalue weighted by molar-refractivity contribution is 14.1. The van der Waals surface area contributed by atoms with Gasteiger partial charge >= 0.3 is 0 Å². The fraction of sp³-hybridized carbons (Fsp3) is 0.583. The molecule has 1 fully saturated rings. The summed E-state index contributed by atoms with van der Waals surface area (Å²) >= 11 is 2.37. The average molecular weight is 317 g/mol. The van der Waals surface area contributed by atoms with Crippen LogP contribution < -0.4 is 0 Å². The summed E-state index contributed by atoms with van der Waals surface area (Å²) in [4.78, 5) is 4.20. The fourth-order valence-corrected chi connectivity index (χ4v) is 3.45. The van der Waals surface area contributed by atoms with Gasteiger partial charge in [0.25, 0.3) is 0 Å². The molecular formula is C12H16INO. The van der Waals surface area contributed by atoms with Crippen molar-refractivity contribution >= 4 is 22.6 Å². The number of aliphatic hydroxyl groups excluding tert-OH is 1. The van der Waals surface area contributed by atoms with E-state index in [1.807, 2.05) is 12.4 Å². The Morgan fingerprint density at radius 1 is 1.27 bits per heavy atom. The van der Waals surface area contributed by atoms with Gasteiger partial charge in [-0.05, 0) is 72.2 Å². The first kappa shape index (κ1) is 11.3. The molecule has 1 aromatic rings. The van der Waals surface area contributed by atoms with E-state index in [1.165, 1.54) is 14.7 Å². The number of aromatic nitrogens is 1. The Balaban J connectivity index is 2.22. The number of aliphatic hydroxyl groups is 1. The Morgan fingerprint density at radius 3 is 2.53 bits per heavy atom. The molecule has 0 saturated heterocycles. The third-order valence-corrected chi connectivity index (χ3v) is 4.10. The van der Waals surface area contributed by atoms with Crippen molar-refractivity contribution in [2.75, 3.05) is 0 Å². The van der Waals surface area contributed by atoms with Crippen molar-refractivity contribution in [1.29, 1.82) is 0 Å². The number of pyridine rings is 1. The van der Waals surface area contributed by atoms with Gasteiger partial charge < -0.3 is 5.11 Å². The second kappa shape index (κ2) is 4.78. The highest BCUT2D eigenvalue weighted by Gasteiger charge is 2.23. The van der Waals surface area contributed by atoms with Crippen LogP contribution in [0.4, 0.5) is 0 Å². The van der Waals surface area contributed by atoms with E-state index in [-0.39, 0.29) is 6.10 Å². The molecule has 3 heteroatoms. The van der Waals surface area contributed by atoms with Gasteiger partial charge in [0.15, 0.2) is 0 Å². The third-order valence-electron chi connectivity index (χ3n) is 3.24. The van der Waals surface area contributed by atoms with Crippen LogP contribution in [0.1, 0.15) is 42.7 Å². The van der Waals surface area contributed by atoms with Crippen molar-refractivity contribution in [3.05, 3.63) is 27.1 Å². The predicted molar refractivity (Wildman–Crippen MR) is 68.9 cm³/mol. The smallest absolute Gasteiger partial charge is 0.0540 e. The Labute approximate surface area is 104 Å². The van der Waals surface area contributed by atoms with Crippen LogP contribution in [0.3, 0.4) is 0 Å². The maximum atomic E-state index is 9.50. The number of nitrogens with zero attached hydrogens (tertiary/aromatic N) is 1. The number of hydrogen-bond donors (Lipinski definition) is 1. The lowest BCUT2D eigenvalue weighted by Crippen LogP contribution is -2.18. The Morgan fingerprint density at radius 2 is 1.93 bits per heavy atom. The molecule has 0 atom stereocenters. The summed E-state index contributed by atoms with van der Waals surface area (Å²) in [5, 5.41) is 9.50. The Bertz CT molecular complexity index is 325. The quantitative estimate of drug-likeness (QED) is 0.808. The number of rotatable bonds is 1. The average Bonchev–Trinajstić information content (AvgIpc) is 2.20. The largest absolute Gasteiger partial charge is 0.393 e. The second-order valence-electron chi connectivity index (χ2n) is 4.36. The van der Waals surface area contributed by atoms with E-state index >= 15 is 0 Å². The minimum Gasteiger partial charge on any atom is -0.393 e. The number of halogens is 1. The van der Waals surface area contributed by atoms with E-state index in [4.69, 9.17) is 0 Å². The Hall–Kier alpha value is -0.160. The minimum absolute atomic E-state index is 0.0685. The summed E-state index contributed by atoms with van der Waals surface area (Å²) in [6, 6.07) is 0. The molecule has 0 radical (unpaired) electrons. The molecule has 0 amide bonds. The summed E-state index contributed by atoms with van der Waals surface area (Å²) < 4.78 is 1.27. The van der Waals surface area contributed by atoms with E-state index in [0.717, 1.165) is 25.7 Å². The minimum atomic E-state index is -0.0685. The molecule has 82 valence electrons. The normalized spacial score (nSPS) is 26.6. The Kier molecular flexibility index (Phi) is 3.61. The third kappa shape index (κ3) is 2.50. The van der Waals surface area contributed by atoms with Gasteiger partial charge in [0.1, 0.15) is 0 Å². The van der Waals surface area contributed by atoms with Gasteiger partial charge in [-0.25, -0.2) is 0 Å². The van der Waals surface area contributed by atoms with Crippen LogP contribution in [-0.2, 0) is 0 Å². The summed E-state index contributed by atoms with van der Waals surface area (Å²) in [6.07, 6.45) is 7.94. The molecule has 0 bridgehead atoms. The summed E-state index contributed by atoms with van der Waals surface area (Å²) in [5.41, 5.74) is 2.75. The maximum absolute atomic E-state index is 9.50. The molecule has 1 aromatic heterocycles. The number of hydrogen-bond acceptors (Lipinski definition) is 2. The highest BCUT2D eigenvalue weighted by atomic mass is 127. The first-order valence-corrected chi connectivity index (χ1v) is 6.54. The lowest BCUT2D eigenvalue weighted by molar-refractivity contribution is 0.122. The molecule has 0 aliphatic heterocycles. The number of aryl methyl sites for hydroxylation is 1. The zero-order valence-corrected chi connectivity index (χ0v) is 11.1. The topological polar surface area (TPSA) is 33.1 Å². The standard InChI is InChI=1S/C12H16INO/c1-8-6-14-7-11(13)12(8)9-2-4-10(15)5-3-9/h6-7,9-10,15H,2-5H2,1H3. The van der Waals surface area contributed by atoms with Gasteiger partial charge in [0.2, 0.25) is 0 Å². The van der Waals surface area contributed by atoms with Crippen molar-refractivity contribution in [1.82, 2.24) is 4.98 Å². The molecule has 2 nitrogen and oxygen atoms in total. The molecule has 1 heterocycles. The summed E-state index contributed by atoms with van der Waals surface area (Å²) in [7, 11) is 0. The van der Waals surface area contributed by atoms with E-state index in [9.17, 15) is 5.11 Å². The molecule has 1 saturated carbocycles. The lowest BCUT2D eigenvalue weighted by Gasteiger charge is -2.27. The van der Waals surface area contributed by atoms with Crippen LogP contribution in [0.2, 0.25) is 0 Å². The molecule has 1 N–H and O–H groups in total. The van der Waals surface area contributed by atoms with Gasteiger partial charge in [0, 0.05) is 16.0 Å². The van der Waals surface area contributed by atoms with Gasteiger partial charge in [-0.3, -0.25) is 4.98 Å². The molecule has 15 heavy (non-hydrogen) atoms. The van der Waals surface area contributed by atoms with E-state index in [2.05, 4.69) is 34.5 Å². The van der Waals surface area contributed by atoms with E-state index in [1.54, 1.807) is 0 Å². The van der Waals surface area contributed by atoms with Crippen molar-refractivity contribution in [3.8, 4) is 0 Å². The van der Waals surface area contributed by atoms with Gasteiger partial charge in [0.05, 0.1) is 6.10 Å². The maximum Gasteiger partial charge on any atom is 0.0540 e. The molecule has 1 aliphatic rings. The molecule has 0 spiro atoms. The van der Waals surface area contributed by atoms with Crippen molar-refractivity contribution in [2.45, 2.75) is 44.6 Å². The van der Waals surface area contributed by atoms with Crippen LogP contribution in [0.25, 0.3) is 0 Å². The first-order chi connectivity index (χ1) is 7.18. The van der Waals surface area contributed by atoms with Gasteiger partial charge in [-0.2, -0.15) is 0 Å². The van der Waals surface area contributed by atoms with Crippen LogP contribution in [0.15, 0.2) is 12.4 Å². The predicted octanol–water partition coefficient (Wildman–Crippen LogP) is 3.01. The lowest BCUT2D eigenvalue weighted by atomic mass is 9.82. The first-order valence-electron chi connectivity index (χ1n) is 5.46. The monoisotopic (exact) mass is 317 g/mol. The zero-order valence-electron chi connectivity index (χ0n) is 8.91. The summed E-state index contributed by atoms with van der Waals surface area (Å²) in [6.45, 7) is 2.13. The van der Waals surface area contributed by atoms with Crippen molar-refractivity contribution in [2.24, 2.45) is 0 Å². The van der Waals surface area contributed by atoms with Gasteiger partial charge in [-0.1, -0.05) is 0 Å². The van der Waals surface area contributed by atoms with Crippen LogP contribution in [0, 0.1) is 10.5 Å². The SMILES string of the molecule is Cc1cncc(I)c1C1CCC(O)CC1. The molecule has 0 aromatic carbocycles. The van der Waals surface area contributed by atoms with Crippen LogP contribution >= 0.6 is 22.6 Å². The highest BCUT2D eigenvalue weighted by Crippen LogP contribution is 2.36. The zero-order chi connectivity index (χ0) is 10.8. The fourth-order valence-electron chi connectivity index (χ4n) is 2.42. The van der Waals surface area contributed by atoms with E-state index in [0.29, 0.717) is 5.92 Å². The van der Waals surface area contributed by atoms with Gasteiger partial charge in [-0.15, -0.1) is 0 Å². The second-order valence-corrected chi connectivity index (χ2v) is 5.52. The summed E-state index contributed by atoms with van der Waals surface area (Å²) in [5.74, 6) is 0.628. The van der Waals surface area contributed by atoms with Crippen molar-refractivity contribution in [3.63, 3.8) is 0 Å². The van der Waals surface area contributed by atoms with E-state index < -0.39 is 0 Å². The van der Waals surface area contributed by atoms with Crippen molar-refractivity contribution < 1.29 is 5.11 Å². The van der Waals surface area contributed by atoms with Crippen LogP contribution in [0.5, 0.6) is 0 Å². The van der Waals surface area contributed by atoms with Crippen LogP contribution in [-0.4, -0.2) is 16.2 Å². The molecule has 1 aliphatic carbocycles. The molecular weight excluding hydrogens is 301 g/mol.